The molecule has 1 N–H and O–H groups in total. The summed E-state index contributed by atoms with van der Waals surface area (Å²) in [6.45, 7) is 0.779. The van der Waals surface area contributed by atoms with E-state index in [-0.39, 0.29) is 6.61 Å². The van der Waals surface area contributed by atoms with Crippen molar-refractivity contribution in [2.45, 2.75) is 25.9 Å². The van der Waals surface area contributed by atoms with E-state index in [1.807, 2.05) is 12.1 Å². The van der Waals surface area contributed by atoms with Gasteiger partial charge in [-0.25, -0.2) is 0 Å². The average molecular weight is 227 g/mol. The van der Waals surface area contributed by atoms with Gasteiger partial charge in [0.25, 0.3) is 0 Å². The molecule has 0 aromatic heterocycles. The maximum absolute atomic E-state index is 8.92. The molecule has 0 amide bonds. The van der Waals surface area contributed by atoms with Crippen molar-refractivity contribution in [3.05, 3.63) is 28.8 Å². The molecule has 0 saturated heterocycles. The monoisotopic (exact) mass is 226 g/mol. The summed E-state index contributed by atoms with van der Waals surface area (Å²) in [5.41, 5.74) is 0.816. The zero-order valence-corrected chi connectivity index (χ0v) is 9.33. The van der Waals surface area contributed by atoms with E-state index >= 15 is 0 Å². The van der Waals surface area contributed by atoms with Crippen LogP contribution in [0.4, 0.5) is 0 Å². The fourth-order valence-electron chi connectivity index (χ4n) is 1.63. The average Bonchev–Trinajstić information content (AvgIpc) is 2.18. The molecule has 0 atom stereocenters. The van der Waals surface area contributed by atoms with Crippen molar-refractivity contribution >= 4 is 11.6 Å². The second-order valence-electron chi connectivity index (χ2n) is 4.03. The third-order valence-corrected chi connectivity index (χ3v) is 3.17. The van der Waals surface area contributed by atoms with Crippen molar-refractivity contribution in [2.24, 2.45) is 5.92 Å². The summed E-state index contributed by atoms with van der Waals surface area (Å²) in [6.07, 6.45) is 3.86. The normalized spacial score (nSPS) is 16.1. The van der Waals surface area contributed by atoms with Crippen LogP contribution in [0.3, 0.4) is 0 Å². The number of hydrogen-bond acceptors (Lipinski definition) is 2. The number of rotatable bonds is 4. The second-order valence-corrected chi connectivity index (χ2v) is 4.44. The minimum Gasteiger partial charge on any atom is -0.492 e. The van der Waals surface area contributed by atoms with Crippen LogP contribution in [-0.2, 0) is 6.61 Å². The van der Waals surface area contributed by atoms with Crippen molar-refractivity contribution in [2.75, 3.05) is 6.61 Å². The van der Waals surface area contributed by atoms with Gasteiger partial charge in [0.1, 0.15) is 5.75 Å². The first kappa shape index (κ1) is 10.8. The van der Waals surface area contributed by atoms with Crippen LogP contribution >= 0.6 is 11.6 Å². The fourth-order valence-corrected chi connectivity index (χ4v) is 1.88. The fraction of sp³-hybridized carbons (Fsp3) is 0.500. The Balaban J connectivity index is 1.95. The van der Waals surface area contributed by atoms with Crippen LogP contribution in [-0.4, -0.2) is 11.7 Å². The molecule has 0 heterocycles. The molecule has 1 aromatic carbocycles. The lowest BCUT2D eigenvalue weighted by Gasteiger charge is -2.25. The molecule has 0 bridgehead atoms. The van der Waals surface area contributed by atoms with Crippen LogP contribution in [0.1, 0.15) is 24.8 Å². The standard InChI is InChI=1S/C12H15ClO2/c13-11-6-10(7-14)4-5-12(11)15-8-9-2-1-3-9/h4-6,9,14H,1-3,7-8H2. The third-order valence-electron chi connectivity index (χ3n) is 2.88. The van der Waals surface area contributed by atoms with Crippen molar-refractivity contribution in [1.29, 1.82) is 0 Å². The predicted octanol–water partition coefficient (Wildman–Crippen LogP) is 3.01. The maximum atomic E-state index is 8.92. The largest absolute Gasteiger partial charge is 0.492 e. The van der Waals surface area contributed by atoms with Crippen LogP contribution in [0, 0.1) is 5.92 Å². The molecule has 1 saturated carbocycles. The Bertz CT molecular complexity index is 334. The van der Waals surface area contributed by atoms with Gasteiger partial charge in [-0.15, -0.1) is 0 Å². The van der Waals surface area contributed by atoms with Crippen LogP contribution < -0.4 is 4.74 Å². The zero-order chi connectivity index (χ0) is 10.7. The summed E-state index contributed by atoms with van der Waals surface area (Å²) in [6, 6.07) is 5.41. The predicted molar refractivity (Wildman–Crippen MR) is 60.2 cm³/mol. The molecule has 15 heavy (non-hydrogen) atoms. The second kappa shape index (κ2) is 4.86. The smallest absolute Gasteiger partial charge is 0.137 e. The van der Waals surface area contributed by atoms with E-state index in [2.05, 4.69) is 0 Å². The van der Waals surface area contributed by atoms with Crippen LogP contribution in [0.15, 0.2) is 18.2 Å². The summed E-state index contributed by atoms with van der Waals surface area (Å²) in [4.78, 5) is 0. The van der Waals surface area contributed by atoms with Gasteiger partial charge >= 0.3 is 0 Å². The Hall–Kier alpha value is -0.730. The first-order valence-electron chi connectivity index (χ1n) is 5.31. The number of ether oxygens (including phenoxy) is 1. The van der Waals surface area contributed by atoms with Gasteiger partial charge < -0.3 is 9.84 Å². The Kier molecular flexibility index (Phi) is 3.49. The highest BCUT2D eigenvalue weighted by atomic mass is 35.5. The van der Waals surface area contributed by atoms with E-state index in [9.17, 15) is 0 Å². The van der Waals surface area contributed by atoms with Crippen molar-refractivity contribution in [1.82, 2.24) is 0 Å². The molecule has 2 rings (SSSR count). The molecule has 3 heteroatoms. The van der Waals surface area contributed by atoms with Gasteiger partial charge in [-0.2, -0.15) is 0 Å². The van der Waals surface area contributed by atoms with Crippen LogP contribution in [0.2, 0.25) is 5.02 Å². The summed E-state index contributed by atoms with van der Waals surface area (Å²) in [5, 5.41) is 9.50. The van der Waals surface area contributed by atoms with E-state index < -0.39 is 0 Å². The van der Waals surface area contributed by atoms with Crippen molar-refractivity contribution in [3.63, 3.8) is 0 Å². The van der Waals surface area contributed by atoms with E-state index in [4.69, 9.17) is 21.4 Å². The SMILES string of the molecule is OCc1ccc(OCC2CCC2)c(Cl)c1. The van der Waals surface area contributed by atoms with Gasteiger partial charge in [0.15, 0.2) is 0 Å². The number of hydrogen-bond donors (Lipinski definition) is 1. The topological polar surface area (TPSA) is 29.5 Å². The van der Waals surface area contributed by atoms with Crippen molar-refractivity contribution < 1.29 is 9.84 Å². The summed E-state index contributed by atoms with van der Waals surface area (Å²) in [7, 11) is 0. The molecule has 0 spiro atoms. The van der Waals surface area contributed by atoms with Crippen LogP contribution in [0.5, 0.6) is 5.75 Å². The summed E-state index contributed by atoms with van der Waals surface area (Å²) >= 11 is 6.02. The summed E-state index contributed by atoms with van der Waals surface area (Å²) < 4.78 is 5.63. The number of benzene rings is 1. The highest BCUT2D eigenvalue weighted by Crippen LogP contribution is 2.30. The molecule has 0 aliphatic heterocycles. The zero-order valence-electron chi connectivity index (χ0n) is 8.58. The molecule has 1 aromatic rings. The molecular weight excluding hydrogens is 212 g/mol. The third kappa shape index (κ3) is 2.64. The maximum Gasteiger partial charge on any atom is 0.137 e. The van der Waals surface area contributed by atoms with Crippen LogP contribution in [0.25, 0.3) is 0 Å². The first-order chi connectivity index (χ1) is 7.29. The quantitative estimate of drug-likeness (QED) is 0.855. The lowest BCUT2D eigenvalue weighted by Crippen LogP contribution is -2.19. The first-order valence-corrected chi connectivity index (χ1v) is 5.69. The van der Waals surface area contributed by atoms with Gasteiger partial charge in [0.2, 0.25) is 0 Å². The minimum absolute atomic E-state index is 0.0165. The number of aliphatic hydroxyl groups is 1. The highest BCUT2D eigenvalue weighted by Gasteiger charge is 2.18. The molecule has 82 valence electrons. The minimum atomic E-state index is 0.0165. The molecule has 1 aliphatic carbocycles. The lowest BCUT2D eigenvalue weighted by molar-refractivity contribution is 0.180. The van der Waals surface area contributed by atoms with E-state index in [0.717, 1.165) is 17.9 Å². The van der Waals surface area contributed by atoms with E-state index in [1.165, 1.54) is 19.3 Å². The van der Waals surface area contributed by atoms with Gasteiger partial charge in [0, 0.05) is 0 Å². The molecule has 0 radical (unpaired) electrons. The number of halogens is 1. The lowest BCUT2D eigenvalue weighted by atomic mass is 9.86. The van der Waals surface area contributed by atoms with Gasteiger partial charge in [-0.1, -0.05) is 24.1 Å². The van der Waals surface area contributed by atoms with Gasteiger partial charge in [0.05, 0.1) is 18.2 Å². The molecule has 2 nitrogen and oxygen atoms in total. The molecular formula is C12H15ClO2. The molecule has 0 unspecified atom stereocenters. The van der Waals surface area contributed by atoms with Gasteiger partial charge in [-0.05, 0) is 36.5 Å². The van der Waals surface area contributed by atoms with Crippen molar-refractivity contribution in [3.8, 4) is 5.75 Å². The molecule has 1 fully saturated rings. The Labute approximate surface area is 94.8 Å². The number of aliphatic hydroxyl groups excluding tert-OH is 1. The van der Waals surface area contributed by atoms with E-state index in [1.54, 1.807) is 6.07 Å². The Morgan fingerprint density at radius 1 is 1.40 bits per heavy atom. The Morgan fingerprint density at radius 2 is 2.20 bits per heavy atom. The summed E-state index contributed by atoms with van der Waals surface area (Å²) in [5.74, 6) is 1.43. The van der Waals surface area contributed by atoms with E-state index in [0.29, 0.717) is 10.9 Å². The Morgan fingerprint density at radius 3 is 2.73 bits per heavy atom. The van der Waals surface area contributed by atoms with Gasteiger partial charge in [-0.3, -0.25) is 0 Å². The molecule has 1 aliphatic rings. The highest BCUT2D eigenvalue weighted by molar-refractivity contribution is 6.32.